The summed E-state index contributed by atoms with van der Waals surface area (Å²) in [4.78, 5) is 30.6. The number of fused-ring (bicyclic) bond motifs is 1. The van der Waals surface area contributed by atoms with Gasteiger partial charge in [-0.25, -0.2) is 4.98 Å². The number of benzene rings is 3. The van der Waals surface area contributed by atoms with Crippen LogP contribution in [0.3, 0.4) is 0 Å². The lowest BCUT2D eigenvalue weighted by Crippen LogP contribution is -2.37. The lowest BCUT2D eigenvalue weighted by Gasteiger charge is -2.21. The molecule has 0 aliphatic rings. The van der Waals surface area contributed by atoms with E-state index in [9.17, 15) is 14.7 Å². The van der Waals surface area contributed by atoms with Crippen molar-refractivity contribution < 1.29 is 14.7 Å². The number of hydrogen-bond acceptors (Lipinski definition) is 3. The molecule has 6 nitrogen and oxygen atoms in total. The van der Waals surface area contributed by atoms with Gasteiger partial charge in [-0.05, 0) is 42.7 Å². The van der Waals surface area contributed by atoms with Crippen LogP contribution in [-0.4, -0.2) is 44.5 Å². The smallest absolute Gasteiger partial charge is 0.323 e. The third-order valence-corrected chi connectivity index (χ3v) is 5.50. The number of amides is 1. The van der Waals surface area contributed by atoms with Crippen LogP contribution in [0, 0.1) is 6.92 Å². The number of carbonyl (C=O) groups excluding carboxylic acids is 1. The van der Waals surface area contributed by atoms with Crippen LogP contribution in [0.5, 0.6) is 0 Å². The second-order valence-electron chi connectivity index (χ2n) is 7.79. The standard InChI is InChI=1S/C26H25N3O3/c1-19-27-23-16-22(12-13-24(23)29(19)17-21-10-6-3-7-11-21)26(32)28(18-25(30)31)15-14-20-8-4-2-5-9-20/h2-13,16H,14-15,17-18H2,1H3,(H,30,31). The van der Waals surface area contributed by atoms with Gasteiger partial charge in [0.1, 0.15) is 12.4 Å². The van der Waals surface area contributed by atoms with Gasteiger partial charge in [0.25, 0.3) is 5.91 Å². The Morgan fingerprint density at radius 2 is 1.59 bits per heavy atom. The van der Waals surface area contributed by atoms with Gasteiger partial charge in [-0.15, -0.1) is 0 Å². The summed E-state index contributed by atoms with van der Waals surface area (Å²) in [7, 11) is 0. The maximum atomic E-state index is 13.2. The van der Waals surface area contributed by atoms with Crippen molar-refractivity contribution in [2.24, 2.45) is 0 Å². The Kier molecular flexibility index (Phi) is 6.31. The fourth-order valence-electron chi connectivity index (χ4n) is 3.86. The predicted octanol–water partition coefficient (Wildman–Crippen LogP) is 4.16. The molecular weight excluding hydrogens is 402 g/mol. The van der Waals surface area contributed by atoms with Crippen molar-refractivity contribution in [2.45, 2.75) is 19.9 Å². The summed E-state index contributed by atoms with van der Waals surface area (Å²) in [5.41, 5.74) is 4.33. The Morgan fingerprint density at radius 3 is 2.25 bits per heavy atom. The molecule has 0 spiro atoms. The molecule has 0 bridgehead atoms. The minimum atomic E-state index is -1.03. The van der Waals surface area contributed by atoms with Gasteiger partial charge in [0.05, 0.1) is 11.0 Å². The molecule has 0 saturated heterocycles. The number of nitrogens with zero attached hydrogens (tertiary/aromatic N) is 3. The van der Waals surface area contributed by atoms with Gasteiger partial charge in [0.15, 0.2) is 0 Å². The quantitative estimate of drug-likeness (QED) is 0.458. The highest BCUT2D eigenvalue weighted by atomic mass is 16.4. The Balaban J connectivity index is 1.57. The number of hydrogen-bond donors (Lipinski definition) is 1. The molecule has 162 valence electrons. The minimum absolute atomic E-state index is 0.305. The highest BCUT2D eigenvalue weighted by molar-refractivity contribution is 5.98. The van der Waals surface area contributed by atoms with E-state index in [0.29, 0.717) is 25.1 Å². The van der Waals surface area contributed by atoms with Crippen LogP contribution in [0.1, 0.15) is 27.3 Å². The normalized spacial score (nSPS) is 10.9. The molecule has 0 atom stereocenters. The molecule has 1 amide bonds. The van der Waals surface area contributed by atoms with Crippen LogP contribution in [0.2, 0.25) is 0 Å². The number of rotatable bonds is 8. The summed E-state index contributed by atoms with van der Waals surface area (Å²) in [6.07, 6.45) is 0.590. The molecule has 4 rings (SSSR count). The maximum Gasteiger partial charge on any atom is 0.323 e. The molecule has 1 N–H and O–H groups in total. The summed E-state index contributed by atoms with van der Waals surface area (Å²) in [6, 6.07) is 25.3. The van der Waals surface area contributed by atoms with E-state index in [4.69, 9.17) is 0 Å². The number of carboxylic acid groups (broad SMARTS) is 1. The number of carbonyl (C=O) groups is 2. The summed E-state index contributed by atoms with van der Waals surface area (Å²) in [6.45, 7) is 2.62. The zero-order chi connectivity index (χ0) is 22.5. The molecule has 0 aliphatic heterocycles. The van der Waals surface area contributed by atoms with Gasteiger partial charge in [-0.1, -0.05) is 60.7 Å². The molecule has 6 heteroatoms. The minimum Gasteiger partial charge on any atom is -0.480 e. The predicted molar refractivity (Wildman–Crippen MR) is 124 cm³/mol. The lowest BCUT2D eigenvalue weighted by atomic mass is 10.1. The van der Waals surface area contributed by atoms with Crippen molar-refractivity contribution in [1.82, 2.24) is 14.5 Å². The van der Waals surface area contributed by atoms with Gasteiger partial charge in [0, 0.05) is 18.7 Å². The molecule has 0 fully saturated rings. The van der Waals surface area contributed by atoms with Gasteiger partial charge in [-0.3, -0.25) is 9.59 Å². The molecule has 1 aromatic heterocycles. The van der Waals surface area contributed by atoms with Gasteiger partial charge in [-0.2, -0.15) is 0 Å². The second-order valence-corrected chi connectivity index (χ2v) is 7.79. The number of carboxylic acids is 1. The van der Waals surface area contributed by atoms with Crippen molar-refractivity contribution in [2.75, 3.05) is 13.1 Å². The maximum absolute atomic E-state index is 13.2. The Labute approximate surface area is 186 Å². The fraction of sp³-hybridized carbons (Fsp3) is 0.192. The molecular formula is C26H25N3O3. The molecule has 32 heavy (non-hydrogen) atoms. The van der Waals surface area contributed by atoms with E-state index in [1.807, 2.05) is 61.5 Å². The Bertz CT molecular complexity index is 1230. The molecule has 0 aliphatic carbocycles. The third-order valence-electron chi connectivity index (χ3n) is 5.50. The van der Waals surface area contributed by atoms with Crippen LogP contribution < -0.4 is 0 Å². The van der Waals surface area contributed by atoms with E-state index in [1.54, 1.807) is 12.1 Å². The zero-order valence-corrected chi connectivity index (χ0v) is 17.9. The van der Waals surface area contributed by atoms with E-state index in [1.165, 1.54) is 10.5 Å². The molecule has 0 unspecified atom stereocenters. The van der Waals surface area contributed by atoms with E-state index < -0.39 is 5.97 Å². The molecule has 0 saturated carbocycles. The van der Waals surface area contributed by atoms with Crippen LogP contribution in [-0.2, 0) is 17.8 Å². The summed E-state index contributed by atoms with van der Waals surface area (Å²) in [5, 5.41) is 9.32. The summed E-state index contributed by atoms with van der Waals surface area (Å²) >= 11 is 0. The van der Waals surface area contributed by atoms with Crippen LogP contribution in [0.15, 0.2) is 78.9 Å². The summed E-state index contributed by atoms with van der Waals surface area (Å²) in [5.74, 6) is -0.476. The van der Waals surface area contributed by atoms with Gasteiger partial charge in [0.2, 0.25) is 0 Å². The number of imidazole rings is 1. The molecule has 3 aromatic carbocycles. The first kappa shape index (κ1) is 21.3. The number of aryl methyl sites for hydroxylation is 1. The van der Waals surface area contributed by atoms with Crippen LogP contribution in [0.25, 0.3) is 11.0 Å². The van der Waals surface area contributed by atoms with E-state index in [-0.39, 0.29) is 12.5 Å². The average Bonchev–Trinajstić information content (AvgIpc) is 3.11. The third kappa shape index (κ3) is 4.86. The van der Waals surface area contributed by atoms with Crippen molar-refractivity contribution in [3.63, 3.8) is 0 Å². The van der Waals surface area contributed by atoms with Crippen molar-refractivity contribution in [3.8, 4) is 0 Å². The highest BCUT2D eigenvalue weighted by Gasteiger charge is 2.20. The topological polar surface area (TPSA) is 75.4 Å². The first-order chi connectivity index (χ1) is 15.5. The van der Waals surface area contributed by atoms with Gasteiger partial charge < -0.3 is 14.6 Å². The van der Waals surface area contributed by atoms with E-state index >= 15 is 0 Å². The Hall–Kier alpha value is -3.93. The first-order valence-corrected chi connectivity index (χ1v) is 10.6. The van der Waals surface area contributed by atoms with E-state index in [0.717, 1.165) is 22.4 Å². The fourth-order valence-corrected chi connectivity index (χ4v) is 3.86. The number of aromatic nitrogens is 2. The van der Waals surface area contributed by atoms with Crippen LogP contribution >= 0.6 is 0 Å². The molecule has 4 aromatic rings. The SMILES string of the molecule is Cc1nc2cc(C(=O)N(CCc3ccccc3)CC(=O)O)ccc2n1Cc1ccccc1. The monoisotopic (exact) mass is 427 g/mol. The van der Waals surface area contributed by atoms with Crippen LogP contribution in [0.4, 0.5) is 0 Å². The van der Waals surface area contributed by atoms with E-state index in [2.05, 4.69) is 21.7 Å². The number of aliphatic carboxylic acids is 1. The Morgan fingerprint density at radius 1 is 0.938 bits per heavy atom. The first-order valence-electron chi connectivity index (χ1n) is 10.6. The largest absolute Gasteiger partial charge is 0.480 e. The van der Waals surface area contributed by atoms with Gasteiger partial charge >= 0.3 is 5.97 Å². The average molecular weight is 428 g/mol. The van der Waals surface area contributed by atoms with Crippen molar-refractivity contribution >= 4 is 22.9 Å². The molecule has 0 radical (unpaired) electrons. The highest BCUT2D eigenvalue weighted by Crippen LogP contribution is 2.20. The molecule has 1 heterocycles. The summed E-state index contributed by atoms with van der Waals surface area (Å²) < 4.78 is 2.11. The second kappa shape index (κ2) is 9.47. The van der Waals surface area contributed by atoms with Crippen molar-refractivity contribution in [3.05, 3.63) is 101 Å². The lowest BCUT2D eigenvalue weighted by molar-refractivity contribution is -0.137. The van der Waals surface area contributed by atoms with Crippen molar-refractivity contribution in [1.29, 1.82) is 0 Å². The zero-order valence-electron chi connectivity index (χ0n) is 17.9.